The average Bonchev–Trinajstić information content (AvgIpc) is 2.86. The standard InChI is InChI=1S/C16H27N3O2/c1-5-13-7-6-8-14(9-13)19-12(4)15(17-18-19)16(20)21-10-11(2)3/h11,13-14H,5-10H2,1-4H3. The van der Waals surface area contributed by atoms with Crippen molar-refractivity contribution in [2.75, 3.05) is 6.61 Å². The van der Waals surface area contributed by atoms with Crippen LogP contribution in [0.5, 0.6) is 0 Å². The summed E-state index contributed by atoms with van der Waals surface area (Å²) in [6.07, 6.45) is 6.02. The summed E-state index contributed by atoms with van der Waals surface area (Å²) in [6.45, 7) is 8.62. The molecule has 1 fully saturated rings. The van der Waals surface area contributed by atoms with E-state index in [-0.39, 0.29) is 5.97 Å². The van der Waals surface area contributed by atoms with E-state index >= 15 is 0 Å². The molecule has 0 N–H and O–H groups in total. The van der Waals surface area contributed by atoms with Crippen LogP contribution in [0.25, 0.3) is 0 Å². The fraction of sp³-hybridized carbons (Fsp3) is 0.812. The molecule has 1 aromatic heterocycles. The minimum absolute atomic E-state index is 0.327. The number of carbonyl (C=O) groups excluding carboxylic acids is 1. The Kier molecular flexibility index (Phi) is 5.37. The molecule has 1 aliphatic rings. The monoisotopic (exact) mass is 293 g/mol. The zero-order chi connectivity index (χ0) is 15.4. The van der Waals surface area contributed by atoms with E-state index in [2.05, 4.69) is 17.2 Å². The van der Waals surface area contributed by atoms with Gasteiger partial charge in [-0.1, -0.05) is 45.2 Å². The normalized spacial score (nSPS) is 22.5. The van der Waals surface area contributed by atoms with E-state index in [9.17, 15) is 4.79 Å². The van der Waals surface area contributed by atoms with E-state index in [1.165, 1.54) is 19.3 Å². The van der Waals surface area contributed by atoms with Crippen LogP contribution in [0.3, 0.4) is 0 Å². The van der Waals surface area contributed by atoms with Gasteiger partial charge in [-0.3, -0.25) is 0 Å². The van der Waals surface area contributed by atoms with Crippen LogP contribution in [-0.4, -0.2) is 27.6 Å². The summed E-state index contributed by atoms with van der Waals surface area (Å²) in [4.78, 5) is 12.0. The quantitative estimate of drug-likeness (QED) is 0.779. The zero-order valence-corrected chi connectivity index (χ0v) is 13.6. The Morgan fingerprint density at radius 1 is 1.43 bits per heavy atom. The molecule has 1 saturated carbocycles. The van der Waals surface area contributed by atoms with Gasteiger partial charge in [-0.15, -0.1) is 5.10 Å². The zero-order valence-electron chi connectivity index (χ0n) is 13.6. The van der Waals surface area contributed by atoms with Gasteiger partial charge in [0.25, 0.3) is 0 Å². The molecule has 1 aromatic rings. The third kappa shape index (κ3) is 3.83. The Hall–Kier alpha value is -1.39. The Labute approximate surface area is 127 Å². The molecule has 5 nitrogen and oxygen atoms in total. The van der Waals surface area contributed by atoms with Crippen LogP contribution in [0.2, 0.25) is 0 Å². The molecule has 0 amide bonds. The third-order valence-corrected chi connectivity index (χ3v) is 4.35. The lowest BCUT2D eigenvalue weighted by molar-refractivity contribution is 0.0451. The number of esters is 1. The largest absolute Gasteiger partial charge is 0.461 e. The molecular weight excluding hydrogens is 266 g/mol. The van der Waals surface area contributed by atoms with Crippen LogP contribution < -0.4 is 0 Å². The highest BCUT2D eigenvalue weighted by Crippen LogP contribution is 2.34. The second-order valence-corrected chi connectivity index (χ2v) is 6.56. The summed E-state index contributed by atoms with van der Waals surface area (Å²) >= 11 is 0. The fourth-order valence-electron chi connectivity index (χ4n) is 3.04. The summed E-state index contributed by atoms with van der Waals surface area (Å²) in [6, 6.07) is 0.378. The van der Waals surface area contributed by atoms with Crippen LogP contribution in [-0.2, 0) is 4.74 Å². The first-order valence-corrected chi connectivity index (χ1v) is 8.11. The summed E-state index contributed by atoms with van der Waals surface area (Å²) < 4.78 is 7.20. The lowest BCUT2D eigenvalue weighted by Crippen LogP contribution is -2.21. The Balaban J connectivity index is 2.07. The molecule has 0 aliphatic heterocycles. The highest BCUT2D eigenvalue weighted by atomic mass is 16.5. The second kappa shape index (κ2) is 7.05. The van der Waals surface area contributed by atoms with E-state index in [1.54, 1.807) is 0 Å². The molecule has 1 aliphatic carbocycles. The number of aromatic nitrogens is 3. The number of hydrogen-bond donors (Lipinski definition) is 0. The lowest BCUT2D eigenvalue weighted by Gasteiger charge is -2.28. The number of rotatable bonds is 5. The molecule has 0 radical (unpaired) electrons. The third-order valence-electron chi connectivity index (χ3n) is 4.35. The summed E-state index contributed by atoms with van der Waals surface area (Å²) in [5.74, 6) is 0.743. The van der Waals surface area contributed by atoms with Gasteiger partial charge in [-0.05, 0) is 31.6 Å². The van der Waals surface area contributed by atoms with E-state index in [4.69, 9.17) is 4.74 Å². The van der Waals surface area contributed by atoms with Crippen molar-refractivity contribution >= 4 is 5.97 Å². The van der Waals surface area contributed by atoms with Crippen LogP contribution in [0, 0.1) is 18.8 Å². The van der Waals surface area contributed by atoms with Crippen molar-refractivity contribution in [1.82, 2.24) is 15.0 Å². The maximum atomic E-state index is 12.0. The van der Waals surface area contributed by atoms with Crippen molar-refractivity contribution in [3.8, 4) is 0 Å². The summed E-state index contributed by atoms with van der Waals surface area (Å²) in [5.41, 5.74) is 1.21. The molecule has 0 spiro atoms. The lowest BCUT2D eigenvalue weighted by atomic mass is 9.84. The van der Waals surface area contributed by atoms with Gasteiger partial charge in [0, 0.05) is 0 Å². The number of nitrogens with zero attached hydrogens (tertiary/aromatic N) is 3. The highest BCUT2D eigenvalue weighted by molar-refractivity contribution is 5.88. The predicted octanol–water partition coefficient (Wildman–Crippen LogP) is 3.54. The average molecular weight is 293 g/mol. The molecule has 5 heteroatoms. The van der Waals surface area contributed by atoms with E-state index in [0.29, 0.717) is 24.3 Å². The highest BCUT2D eigenvalue weighted by Gasteiger charge is 2.27. The van der Waals surface area contributed by atoms with Gasteiger partial charge in [-0.2, -0.15) is 0 Å². The number of carbonyl (C=O) groups is 1. The van der Waals surface area contributed by atoms with Gasteiger partial charge in [0.1, 0.15) is 0 Å². The van der Waals surface area contributed by atoms with Crippen molar-refractivity contribution in [1.29, 1.82) is 0 Å². The van der Waals surface area contributed by atoms with Crippen molar-refractivity contribution < 1.29 is 9.53 Å². The Morgan fingerprint density at radius 2 is 2.19 bits per heavy atom. The molecule has 2 atom stereocenters. The van der Waals surface area contributed by atoms with Crippen molar-refractivity contribution in [2.45, 2.75) is 65.8 Å². The molecule has 0 aromatic carbocycles. The van der Waals surface area contributed by atoms with Crippen LogP contribution in [0.15, 0.2) is 0 Å². The topological polar surface area (TPSA) is 57.0 Å². The number of hydrogen-bond acceptors (Lipinski definition) is 4. The maximum absolute atomic E-state index is 12.0. The minimum atomic E-state index is -0.352. The molecule has 21 heavy (non-hydrogen) atoms. The number of ether oxygens (including phenoxy) is 1. The predicted molar refractivity (Wildman–Crippen MR) is 81.2 cm³/mol. The molecule has 1 heterocycles. The van der Waals surface area contributed by atoms with Crippen LogP contribution in [0.1, 0.15) is 75.1 Å². The van der Waals surface area contributed by atoms with Gasteiger partial charge in [-0.25, -0.2) is 9.48 Å². The summed E-state index contributed by atoms with van der Waals surface area (Å²) in [5, 5.41) is 8.28. The van der Waals surface area contributed by atoms with Crippen molar-refractivity contribution in [3.05, 3.63) is 11.4 Å². The van der Waals surface area contributed by atoms with E-state index in [1.807, 2.05) is 25.5 Å². The van der Waals surface area contributed by atoms with E-state index in [0.717, 1.165) is 24.5 Å². The Bertz CT molecular complexity index is 482. The van der Waals surface area contributed by atoms with Crippen molar-refractivity contribution in [2.24, 2.45) is 11.8 Å². The van der Waals surface area contributed by atoms with Crippen molar-refractivity contribution in [3.63, 3.8) is 0 Å². The fourth-order valence-corrected chi connectivity index (χ4v) is 3.04. The molecule has 2 unspecified atom stereocenters. The first-order valence-electron chi connectivity index (χ1n) is 8.11. The van der Waals surface area contributed by atoms with E-state index < -0.39 is 0 Å². The SMILES string of the molecule is CCC1CCCC(n2nnc(C(=O)OCC(C)C)c2C)C1. The van der Waals surface area contributed by atoms with Gasteiger partial charge in [0.05, 0.1) is 18.3 Å². The molecular formula is C16H27N3O2. The smallest absolute Gasteiger partial charge is 0.360 e. The molecule has 2 rings (SSSR count). The molecule has 118 valence electrons. The van der Waals surface area contributed by atoms with Gasteiger partial charge in [0.15, 0.2) is 5.69 Å². The first kappa shape index (κ1) is 16.0. The second-order valence-electron chi connectivity index (χ2n) is 6.56. The summed E-state index contributed by atoms with van der Waals surface area (Å²) in [7, 11) is 0. The van der Waals surface area contributed by atoms with Gasteiger partial charge in [0.2, 0.25) is 0 Å². The Morgan fingerprint density at radius 3 is 2.86 bits per heavy atom. The van der Waals surface area contributed by atoms with Crippen LogP contribution >= 0.6 is 0 Å². The van der Waals surface area contributed by atoms with Gasteiger partial charge >= 0.3 is 5.97 Å². The molecule has 0 bridgehead atoms. The maximum Gasteiger partial charge on any atom is 0.360 e. The minimum Gasteiger partial charge on any atom is -0.461 e. The van der Waals surface area contributed by atoms with Crippen LogP contribution in [0.4, 0.5) is 0 Å². The van der Waals surface area contributed by atoms with Gasteiger partial charge < -0.3 is 4.74 Å². The first-order chi connectivity index (χ1) is 10.0. The molecule has 0 saturated heterocycles.